The molecule has 12 heteroatoms. The molecule has 474 valence electrons. The largest absolute Gasteiger partial charge is 0.496 e. The van der Waals surface area contributed by atoms with Gasteiger partial charge in [0.2, 0.25) is 0 Å². The number of hydrogen-bond donors (Lipinski definition) is 0. The minimum absolute atomic E-state index is 0.313. The third-order valence-electron chi connectivity index (χ3n) is 18.2. The Labute approximate surface area is 553 Å². The van der Waals surface area contributed by atoms with Crippen molar-refractivity contribution in [2.45, 2.75) is 130 Å². The van der Waals surface area contributed by atoms with Crippen LogP contribution in [0.5, 0.6) is 23.0 Å². The van der Waals surface area contributed by atoms with Gasteiger partial charge in [-0.15, -0.1) is 0 Å². The van der Waals surface area contributed by atoms with Crippen LogP contribution in [0, 0.1) is 12.8 Å². The quantitative estimate of drug-likeness (QED) is 0.0743. The van der Waals surface area contributed by atoms with E-state index in [0.717, 1.165) is 104 Å². The smallest absolute Gasteiger partial charge is 0.163 e. The highest BCUT2D eigenvalue weighted by Crippen LogP contribution is 2.40. The van der Waals surface area contributed by atoms with Crippen LogP contribution in [-0.4, -0.2) is 122 Å². The normalized spacial score (nSPS) is 18.5. The van der Waals surface area contributed by atoms with Crippen LogP contribution in [0.2, 0.25) is 0 Å². The van der Waals surface area contributed by atoms with Crippen molar-refractivity contribution in [1.82, 2.24) is 0 Å². The highest BCUT2D eigenvalue weighted by atomic mass is 32.2. The van der Waals surface area contributed by atoms with Gasteiger partial charge in [0.05, 0.1) is 52.9 Å². The fourth-order valence-corrected chi connectivity index (χ4v) is 25.6. The Morgan fingerprint density at radius 1 is 0.438 bits per heavy atom. The Morgan fingerprint density at radius 2 is 0.888 bits per heavy atom. The van der Waals surface area contributed by atoms with Crippen LogP contribution in [0.25, 0.3) is 43.1 Å². The van der Waals surface area contributed by atoms with Gasteiger partial charge in [0.15, 0.2) is 19.6 Å². The summed E-state index contributed by atoms with van der Waals surface area (Å²) in [4.78, 5) is 6.10. The average molecular weight is 1310 g/mol. The van der Waals surface area contributed by atoms with Gasteiger partial charge in [0.25, 0.3) is 0 Å². The summed E-state index contributed by atoms with van der Waals surface area (Å²) in [6.45, 7) is 11.8. The molecule has 0 N–H and O–H groups in total. The van der Waals surface area contributed by atoms with E-state index < -0.39 is 0 Å². The Hall–Kier alpha value is -3.98. The summed E-state index contributed by atoms with van der Waals surface area (Å²) < 4.78 is 35.3. The number of unbranched alkanes of at least 4 members (excludes halogenated alkanes) is 1. The van der Waals surface area contributed by atoms with Crippen molar-refractivity contribution in [3.63, 3.8) is 0 Å². The van der Waals surface area contributed by atoms with Crippen molar-refractivity contribution in [2.24, 2.45) is 5.92 Å². The van der Waals surface area contributed by atoms with Crippen LogP contribution in [0.3, 0.4) is 0 Å². The lowest BCUT2D eigenvalue weighted by Gasteiger charge is -2.24. The summed E-state index contributed by atoms with van der Waals surface area (Å²) in [7, 11) is 3.23. The lowest BCUT2D eigenvalue weighted by atomic mass is 9.90. The van der Waals surface area contributed by atoms with Crippen LogP contribution in [0.1, 0.15) is 102 Å². The van der Waals surface area contributed by atoms with Crippen LogP contribution >= 0.6 is 23.5 Å². The second kappa shape index (κ2) is 34.8. The summed E-state index contributed by atoms with van der Waals surface area (Å²) in [5, 5.41) is 10.7. The molecule has 4 heterocycles. The number of rotatable bonds is 15. The van der Waals surface area contributed by atoms with E-state index in [-0.39, 0.29) is 0 Å². The Morgan fingerprint density at radius 3 is 1.42 bits per heavy atom. The lowest BCUT2D eigenvalue weighted by molar-refractivity contribution is 0.157. The Bertz CT molecular complexity index is 3480. The molecule has 0 amide bonds. The summed E-state index contributed by atoms with van der Waals surface area (Å²) in [5.41, 5.74) is 2.66. The molecule has 8 aromatic carbocycles. The summed E-state index contributed by atoms with van der Waals surface area (Å²) in [6.07, 6.45) is 17.1. The number of thioether (sulfide) groups is 2. The number of fused-ring (bicyclic) bond motifs is 4. The fraction of sp³-hybridized carbons (Fsp3) is 0.481. The molecule has 8 aromatic rings. The van der Waals surface area contributed by atoms with E-state index >= 15 is 0 Å². The first-order valence-corrected chi connectivity index (χ1v) is 42.1. The molecule has 0 bridgehead atoms. The van der Waals surface area contributed by atoms with E-state index in [4.69, 9.17) is 28.4 Å². The second-order valence-electron chi connectivity index (χ2n) is 24.3. The van der Waals surface area contributed by atoms with Crippen LogP contribution in [-0.2, 0) is 59.5 Å². The van der Waals surface area contributed by atoms with E-state index in [1.54, 1.807) is 16.9 Å². The zero-order valence-corrected chi connectivity index (χ0v) is 58.6. The summed E-state index contributed by atoms with van der Waals surface area (Å²) >= 11 is 4.22. The molecule has 6 fully saturated rings. The minimum atomic E-state index is 0.313. The molecule has 14 rings (SSSR count). The van der Waals surface area contributed by atoms with Crippen LogP contribution in [0.15, 0.2) is 153 Å². The second-order valence-corrected chi connectivity index (χ2v) is 35.7. The summed E-state index contributed by atoms with van der Waals surface area (Å²) in [5.74, 6) is 20.2. The third-order valence-corrected chi connectivity index (χ3v) is 30.6. The van der Waals surface area contributed by atoms with Gasteiger partial charge in [-0.1, -0.05) is 100 Å². The van der Waals surface area contributed by atoms with Gasteiger partial charge >= 0.3 is 0 Å². The molecule has 0 unspecified atom stereocenters. The Kier molecular flexibility index (Phi) is 26.0. The first-order chi connectivity index (χ1) is 44.0. The van der Waals surface area contributed by atoms with Crippen molar-refractivity contribution >= 4 is 110 Å². The number of methoxy groups -OCH3 is 1. The van der Waals surface area contributed by atoms with Crippen molar-refractivity contribution in [1.29, 1.82) is 0 Å². The molecule has 2 aliphatic carbocycles. The van der Waals surface area contributed by atoms with Gasteiger partial charge in [-0.25, -0.2) is 0 Å². The maximum absolute atomic E-state index is 6.41. The van der Waals surface area contributed by atoms with Gasteiger partial charge in [-0.05, 0) is 155 Å². The third kappa shape index (κ3) is 17.8. The highest BCUT2D eigenvalue weighted by molar-refractivity contribution is 8.05. The average Bonchev–Trinajstić information content (AvgIpc) is 1.49. The molecule has 89 heavy (non-hydrogen) atoms. The highest BCUT2D eigenvalue weighted by Gasteiger charge is 2.32. The fourth-order valence-electron chi connectivity index (χ4n) is 13.2. The summed E-state index contributed by atoms with van der Waals surface area (Å²) in [6, 6.07) is 49.4. The van der Waals surface area contributed by atoms with E-state index in [9.17, 15) is 0 Å². The van der Waals surface area contributed by atoms with Crippen LogP contribution in [0.4, 0.5) is 0 Å². The molecule has 0 aromatic heterocycles. The molecule has 0 atom stereocenters. The molecular weight excluding hydrogens is 1210 g/mol. The zero-order valence-electron chi connectivity index (χ0n) is 53.7. The van der Waals surface area contributed by atoms with Crippen molar-refractivity contribution in [2.75, 3.05) is 116 Å². The maximum atomic E-state index is 6.41. The first kappa shape index (κ1) is 66.5. The topological polar surface area (TPSA) is 55.4 Å². The maximum Gasteiger partial charge on any atom is 0.163 e. The van der Waals surface area contributed by atoms with Crippen molar-refractivity contribution in [3.8, 4) is 23.0 Å². The van der Waals surface area contributed by atoms with E-state index in [2.05, 4.69) is 178 Å². The van der Waals surface area contributed by atoms with Gasteiger partial charge in [0.1, 0.15) is 69.0 Å². The van der Waals surface area contributed by atoms with E-state index in [1.807, 2.05) is 0 Å². The van der Waals surface area contributed by atoms with Gasteiger partial charge in [-0.2, -0.15) is 23.5 Å². The predicted octanol–water partition coefficient (Wildman–Crippen LogP) is 18.6. The molecule has 4 aliphatic heterocycles. The standard InChI is InChI=1S/C21H27OS2.C20H27O2S.C20H25OS2.C16H19O2S/c1-2-6-17(7-3-1)16-22-20-10-11-21(24-14-12-23-13-15-24)19-9-5-4-8-18(19)20;1-3-5-10-22-19-8-9-20(23-13-11-21-12-14-23)17-7-6-16(4-2)15-18(17)19;1-2-6-16(7-3-1)21-19-10-11-20(23-14-12-22-13-15-23)18-9-5-4-8-17(18)19;1-12-3-4-13-14(11-12)15(17-2)5-6-16(13)19-9-7-18-8-10-19/h4-5,8-11,17H,1-3,6-7,12-16H2;6-9,15H,3-5,10-14H2,1-2H3;4-5,8-11,16H,1-3,6-7,12-15H2;3-6,11H,7-10H2,1-2H3/q4*+1. The van der Waals surface area contributed by atoms with Crippen molar-refractivity contribution in [3.05, 3.63) is 145 Å². The van der Waals surface area contributed by atoms with Gasteiger partial charge < -0.3 is 28.4 Å². The number of benzene rings is 8. The SMILES string of the molecule is CCCCOc1ccc([S+]2CCOCC2)c2ccc(CC)cc12.COc1ccc([S+]2CCOCC2)c2ccc(C)cc12.c1ccc2c([S+]3CCSCC3)ccc(OC3CCCCC3)c2c1.c1ccc2c([S+]3CCSCC3)ccc(OCC3CCCCC3)c2c1. The number of hydrogen-bond acceptors (Lipinski definition) is 8. The molecule has 6 nitrogen and oxygen atoms in total. The first-order valence-electron chi connectivity index (χ1n) is 33.6. The zero-order chi connectivity index (χ0) is 61.0. The monoisotopic (exact) mass is 1310 g/mol. The Balaban J connectivity index is 0.000000123. The van der Waals surface area contributed by atoms with E-state index in [1.165, 1.54) is 181 Å². The van der Waals surface area contributed by atoms with Gasteiger partial charge in [0, 0.05) is 110 Å². The van der Waals surface area contributed by atoms with Gasteiger partial charge in [-0.3, -0.25) is 0 Å². The lowest BCUT2D eigenvalue weighted by Crippen LogP contribution is -2.26. The molecule has 0 spiro atoms. The molecule has 0 radical (unpaired) electrons. The molecule has 2 saturated carbocycles. The molecule has 4 saturated heterocycles. The minimum Gasteiger partial charge on any atom is -0.496 e. The number of aryl methyl sites for hydroxylation is 2. The van der Waals surface area contributed by atoms with Crippen LogP contribution < -0.4 is 18.9 Å². The molecule has 6 aliphatic rings. The van der Waals surface area contributed by atoms with Crippen molar-refractivity contribution < 1.29 is 28.4 Å². The number of ether oxygens (including phenoxy) is 6. The molecular formula is C77H98O6S6+4. The predicted molar refractivity (Wildman–Crippen MR) is 394 cm³/mol. The van der Waals surface area contributed by atoms with E-state index in [0.29, 0.717) is 49.7 Å².